The van der Waals surface area contributed by atoms with Crippen molar-refractivity contribution in [2.24, 2.45) is 5.73 Å². The number of nitrogens with zero attached hydrogens (tertiary/aromatic N) is 3. The molecule has 19 heavy (non-hydrogen) atoms. The van der Waals surface area contributed by atoms with Crippen LogP contribution in [0.5, 0.6) is 0 Å². The third kappa shape index (κ3) is 5.53. The molecule has 1 atom stereocenters. The summed E-state index contributed by atoms with van der Waals surface area (Å²) in [5, 5.41) is 0. The van der Waals surface area contributed by atoms with Crippen molar-refractivity contribution in [1.82, 2.24) is 9.97 Å². The number of anilines is 1. The maximum atomic E-state index is 5.93. The Bertz CT molecular complexity index is 342. The molecule has 0 fully saturated rings. The average molecular weight is 266 g/mol. The van der Waals surface area contributed by atoms with Crippen LogP contribution in [-0.4, -0.2) is 42.3 Å². The van der Waals surface area contributed by atoms with E-state index >= 15 is 0 Å². The summed E-state index contributed by atoms with van der Waals surface area (Å²) in [6.07, 6.45) is 5.56. The van der Waals surface area contributed by atoms with Crippen molar-refractivity contribution in [3.8, 4) is 0 Å². The molecule has 0 saturated carbocycles. The molecule has 0 amide bonds. The molecule has 0 aliphatic rings. The summed E-state index contributed by atoms with van der Waals surface area (Å²) >= 11 is 0. The van der Waals surface area contributed by atoms with E-state index in [0.29, 0.717) is 6.61 Å². The first kappa shape index (κ1) is 15.9. The standard InChI is InChI=1S/C14H26N4O/c1-4-13(15)9-12-10-16-14(17-11-12)18(5-2)7-8-19-6-3/h10-11,13H,4-9,15H2,1-3H3. The summed E-state index contributed by atoms with van der Waals surface area (Å²) in [5.74, 6) is 0.760. The van der Waals surface area contributed by atoms with Crippen LogP contribution in [0.15, 0.2) is 12.4 Å². The van der Waals surface area contributed by atoms with E-state index in [1.54, 1.807) is 0 Å². The molecule has 0 aromatic carbocycles. The van der Waals surface area contributed by atoms with Crippen LogP contribution < -0.4 is 10.6 Å². The van der Waals surface area contributed by atoms with Crippen molar-refractivity contribution < 1.29 is 4.74 Å². The predicted molar refractivity (Wildman–Crippen MR) is 78.4 cm³/mol. The molecule has 0 radical (unpaired) electrons. The molecule has 108 valence electrons. The molecule has 1 rings (SSSR count). The molecular weight excluding hydrogens is 240 g/mol. The number of nitrogens with two attached hydrogens (primary N) is 1. The molecule has 1 aromatic heterocycles. The van der Waals surface area contributed by atoms with Gasteiger partial charge < -0.3 is 15.4 Å². The summed E-state index contributed by atoms with van der Waals surface area (Å²) in [7, 11) is 0. The van der Waals surface area contributed by atoms with E-state index in [-0.39, 0.29) is 6.04 Å². The van der Waals surface area contributed by atoms with Crippen LogP contribution in [0.4, 0.5) is 5.95 Å². The second-order valence-corrected chi connectivity index (χ2v) is 4.54. The van der Waals surface area contributed by atoms with Crippen molar-refractivity contribution in [2.75, 3.05) is 31.2 Å². The SMILES string of the molecule is CCOCCN(CC)c1ncc(CC(N)CC)cn1. The van der Waals surface area contributed by atoms with Crippen LogP contribution >= 0.6 is 0 Å². The zero-order valence-electron chi connectivity index (χ0n) is 12.3. The fraction of sp³-hybridized carbons (Fsp3) is 0.714. The Morgan fingerprint density at radius 2 is 1.95 bits per heavy atom. The zero-order chi connectivity index (χ0) is 14.1. The third-order valence-electron chi connectivity index (χ3n) is 3.09. The van der Waals surface area contributed by atoms with Gasteiger partial charge in [0.2, 0.25) is 5.95 Å². The van der Waals surface area contributed by atoms with Gasteiger partial charge in [-0.15, -0.1) is 0 Å². The first-order valence-corrected chi connectivity index (χ1v) is 7.10. The normalized spacial score (nSPS) is 12.4. The smallest absolute Gasteiger partial charge is 0.225 e. The molecule has 0 spiro atoms. The molecule has 2 N–H and O–H groups in total. The Labute approximate surface area is 116 Å². The lowest BCUT2D eigenvalue weighted by molar-refractivity contribution is 0.153. The molecule has 0 bridgehead atoms. The lowest BCUT2D eigenvalue weighted by Crippen LogP contribution is -2.29. The minimum absolute atomic E-state index is 0.190. The molecular formula is C14H26N4O. The molecule has 0 aliphatic carbocycles. The molecule has 1 aromatic rings. The first-order valence-electron chi connectivity index (χ1n) is 7.10. The number of likely N-dealkylation sites (N-methyl/N-ethyl adjacent to an activating group) is 1. The van der Waals surface area contributed by atoms with Crippen molar-refractivity contribution in [3.63, 3.8) is 0 Å². The first-order chi connectivity index (χ1) is 9.21. The van der Waals surface area contributed by atoms with Crippen LogP contribution in [0.25, 0.3) is 0 Å². The topological polar surface area (TPSA) is 64.3 Å². The van der Waals surface area contributed by atoms with Crippen LogP contribution in [0, 0.1) is 0 Å². The molecule has 5 heteroatoms. The summed E-state index contributed by atoms with van der Waals surface area (Å²) in [6.45, 7) is 9.32. The van der Waals surface area contributed by atoms with E-state index in [4.69, 9.17) is 10.5 Å². The molecule has 1 unspecified atom stereocenters. The Morgan fingerprint density at radius 1 is 1.26 bits per heavy atom. The van der Waals surface area contributed by atoms with Crippen LogP contribution in [0.2, 0.25) is 0 Å². The summed E-state index contributed by atoms with van der Waals surface area (Å²) in [6, 6.07) is 0.190. The Balaban J connectivity index is 2.57. The number of aromatic nitrogens is 2. The average Bonchev–Trinajstić information content (AvgIpc) is 2.45. The van der Waals surface area contributed by atoms with Gasteiger partial charge in [0, 0.05) is 38.1 Å². The van der Waals surface area contributed by atoms with Crippen molar-refractivity contribution >= 4 is 5.95 Å². The van der Waals surface area contributed by atoms with Gasteiger partial charge in [0.15, 0.2) is 0 Å². The van der Waals surface area contributed by atoms with E-state index in [1.807, 2.05) is 19.3 Å². The zero-order valence-corrected chi connectivity index (χ0v) is 12.3. The van der Waals surface area contributed by atoms with Crippen molar-refractivity contribution in [2.45, 2.75) is 39.7 Å². The van der Waals surface area contributed by atoms with Crippen molar-refractivity contribution in [3.05, 3.63) is 18.0 Å². The van der Waals surface area contributed by atoms with Gasteiger partial charge in [-0.05, 0) is 32.3 Å². The van der Waals surface area contributed by atoms with Crippen LogP contribution in [-0.2, 0) is 11.2 Å². The van der Waals surface area contributed by atoms with Gasteiger partial charge in [-0.1, -0.05) is 6.92 Å². The Kier molecular flexibility index (Phi) is 7.36. The second kappa shape index (κ2) is 8.82. The largest absolute Gasteiger partial charge is 0.380 e. The lowest BCUT2D eigenvalue weighted by atomic mass is 10.1. The van der Waals surface area contributed by atoms with Gasteiger partial charge in [0.05, 0.1) is 6.61 Å². The molecule has 0 aliphatic heterocycles. The summed E-state index contributed by atoms with van der Waals surface area (Å²) < 4.78 is 5.36. The van der Waals surface area contributed by atoms with Gasteiger partial charge >= 0.3 is 0 Å². The highest BCUT2D eigenvalue weighted by atomic mass is 16.5. The second-order valence-electron chi connectivity index (χ2n) is 4.54. The number of hydrogen-bond donors (Lipinski definition) is 1. The van der Waals surface area contributed by atoms with Crippen LogP contribution in [0.1, 0.15) is 32.8 Å². The van der Waals surface area contributed by atoms with Gasteiger partial charge in [-0.3, -0.25) is 0 Å². The lowest BCUT2D eigenvalue weighted by Gasteiger charge is -2.20. The minimum atomic E-state index is 0.190. The third-order valence-corrected chi connectivity index (χ3v) is 3.09. The Hall–Kier alpha value is -1.20. The molecule has 1 heterocycles. The monoisotopic (exact) mass is 266 g/mol. The molecule has 5 nitrogen and oxygen atoms in total. The van der Waals surface area contributed by atoms with E-state index < -0.39 is 0 Å². The minimum Gasteiger partial charge on any atom is -0.380 e. The van der Waals surface area contributed by atoms with Gasteiger partial charge in [-0.2, -0.15) is 0 Å². The maximum Gasteiger partial charge on any atom is 0.225 e. The fourth-order valence-electron chi connectivity index (χ4n) is 1.78. The van der Waals surface area contributed by atoms with Gasteiger partial charge in [0.25, 0.3) is 0 Å². The van der Waals surface area contributed by atoms with E-state index in [1.165, 1.54) is 0 Å². The van der Waals surface area contributed by atoms with Crippen LogP contribution in [0.3, 0.4) is 0 Å². The molecule has 0 saturated heterocycles. The Morgan fingerprint density at radius 3 is 2.47 bits per heavy atom. The quantitative estimate of drug-likeness (QED) is 0.688. The highest BCUT2D eigenvalue weighted by Crippen LogP contribution is 2.08. The highest BCUT2D eigenvalue weighted by molar-refractivity contribution is 5.29. The number of ether oxygens (including phenoxy) is 1. The summed E-state index contributed by atoms with van der Waals surface area (Å²) in [5.41, 5.74) is 7.02. The fourth-order valence-corrected chi connectivity index (χ4v) is 1.78. The number of rotatable bonds is 9. The van der Waals surface area contributed by atoms with E-state index in [2.05, 4.69) is 28.7 Å². The van der Waals surface area contributed by atoms with Gasteiger partial charge in [-0.25, -0.2) is 9.97 Å². The predicted octanol–water partition coefficient (Wildman–Crippen LogP) is 1.62. The van der Waals surface area contributed by atoms with E-state index in [0.717, 1.165) is 44.0 Å². The summed E-state index contributed by atoms with van der Waals surface area (Å²) in [4.78, 5) is 10.9. The maximum absolute atomic E-state index is 5.93. The highest BCUT2D eigenvalue weighted by Gasteiger charge is 2.08. The number of hydrogen-bond acceptors (Lipinski definition) is 5. The van der Waals surface area contributed by atoms with Gasteiger partial charge in [0.1, 0.15) is 0 Å². The van der Waals surface area contributed by atoms with E-state index in [9.17, 15) is 0 Å². The van der Waals surface area contributed by atoms with Crippen molar-refractivity contribution in [1.29, 1.82) is 0 Å².